The molecule has 0 amide bonds. The lowest BCUT2D eigenvalue weighted by Gasteiger charge is -2.19. The molecule has 14 heavy (non-hydrogen) atoms. The van der Waals surface area contributed by atoms with Crippen LogP contribution in [-0.2, 0) is 6.54 Å². The molecule has 0 atom stereocenters. The van der Waals surface area contributed by atoms with E-state index >= 15 is 0 Å². The molecule has 1 aromatic carbocycles. The quantitative estimate of drug-likeness (QED) is 0.723. The zero-order valence-electron chi connectivity index (χ0n) is 8.47. The van der Waals surface area contributed by atoms with Crippen LogP contribution in [0.5, 0.6) is 0 Å². The van der Waals surface area contributed by atoms with Crippen molar-refractivity contribution in [1.29, 1.82) is 0 Å². The molecule has 0 fully saturated rings. The Kier molecular flexibility index (Phi) is 3.27. The third kappa shape index (κ3) is 2.86. The van der Waals surface area contributed by atoms with Crippen LogP contribution in [0.2, 0.25) is 0 Å². The Bertz CT molecular complexity index is 350. The van der Waals surface area contributed by atoms with Crippen molar-refractivity contribution < 1.29 is 4.39 Å². The van der Waals surface area contributed by atoms with Gasteiger partial charge in [0, 0.05) is 12.1 Å². The fourth-order valence-corrected chi connectivity index (χ4v) is 1.01. The summed E-state index contributed by atoms with van der Waals surface area (Å²) in [5.74, 6) is 2.40. The average molecular weight is 191 g/mol. The summed E-state index contributed by atoms with van der Waals surface area (Å²) < 4.78 is 13.2. The van der Waals surface area contributed by atoms with Crippen LogP contribution < -0.4 is 5.32 Å². The maximum atomic E-state index is 13.2. The fourth-order valence-electron chi connectivity index (χ4n) is 1.01. The van der Waals surface area contributed by atoms with Crippen molar-refractivity contribution >= 4 is 0 Å². The summed E-state index contributed by atoms with van der Waals surface area (Å²) in [6, 6.07) is 6.67. The minimum Gasteiger partial charge on any atom is -0.297 e. The Morgan fingerprint density at radius 2 is 2.07 bits per heavy atom. The molecule has 0 heterocycles. The average Bonchev–Trinajstić information content (AvgIpc) is 2.17. The maximum absolute atomic E-state index is 13.2. The van der Waals surface area contributed by atoms with Crippen molar-refractivity contribution in [3.63, 3.8) is 0 Å². The van der Waals surface area contributed by atoms with Crippen LogP contribution in [-0.4, -0.2) is 5.54 Å². The lowest BCUT2D eigenvalue weighted by molar-refractivity contribution is 0.479. The molecule has 1 rings (SSSR count). The lowest BCUT2D eigenvalue weighted by atomic mass is 10.1. The van der Waals surface area contributed by atoms with E-state index in [0.717, 1.165) is 0 Å². The lowest BCUT2D eigenvalue weighted by Crippen LogP contribution is -2.37. The van der Waals surface area contributed by atoms with Crippen LogP contribution >= 0.6 is 0 Å². The van der Waals surface area contributed by atoms with Crippen molar-refractivity contribution in [3.8, 4) is 12.3 Å². The van der Waals surface area contributed by atoms with Crippen LogP contribution in [0.1, 0.15) is 19.4 Å². The van der Waals surface area contributed by atoms with Gasteiger partial charge in [-0.2, -0.15) is 0 Å². The van der Waals surface area contributed by atoms with E-state index < -0.39 is 5.54 Å². The molecular formula is C12H14FN. The largest absolute Gasteiger partial charge is 0.297 e. The van der Waals surface area contributed by atoms with Gasteiger partial charge in [-0.15, -0.1) is 6.42 Å². The molecule has 1 aromatic rings. The number of hydrogen-bond acceptors (Lipinski definition) is 1. The summed E-state index contributed by atoms with van der Waals surface area (Å²) >= 11 is 0. The van der Waals surface area contributed by atoms with Gasteiger partial charge in [0.15, 0.2) is 0 Å². The molecule has 0 aliphatic carbocycles. The van der Waals surface area contributed by atoms with E-state index in [1.807, 2.05) is 19.9 Å². The number of halogens is 1. The van der Waals surface area contributed by atoms with Crippen molar-refractivity contribution in [2.24, 2.45) is 0 Å². The first-order valence-electron chi connectivity index (χ1n) is 4.51. The zero-order chi connectivity index (χ0) is 10.6. The van der Waals surface area contributed by atoms with Crippen LogP contribution in [0.4, 0.5) is 4.39 Å². The van der Waals surface area contributed by atoms with E-state index in [1.165, 1.54) is 6.07 Å². The first kappa shape index (κ1) is 10.7. The predicted molar refractivity (Wildman–Crippen MR) is 56.2 cm³/mol. The predicted octanol–water partition coefficient (Wildman–Crippen LogP) is 2.33. The molecule has 1 nitrogen and oxygen atoms in total. The van der Waals surface area contributed by atoms with Crippen LogP contribution in [0.15, 0.2) is 24.3 Å². The molecular weight excluding hydrogens is 177 g/mol. The minimum atomic E-state index is -0.401. The number of rotatable bonds is 3. The van der Waals surface area contributed by atoms with Crippen LogP contribution in [0.25, 0.3) is 0 Å². The van der Waals surface area contributed by atoms with E-state index in [0.29, 0.717) is 12.1 Å². The van der Waals surface area contributed by atoms with Gasteiger partial charge < -0.3 is 0 Å². The van der Waals surface area contributed by atoms with E-state index in [1.54, 1.807) is 12.1 Å². The summed E-state index contributed by atoms with van der Waals surface area (Å²) in [4.78, 5) is 0. The van der Waals surface area contributed by atoms with Gasteiger partial charge in [0.25, 0.3) is 0 Å². The molecule has 0 spiro atoms. The monoisotopic (exact) mass is 191 g/mol. The first-order chi connectivity index (χ1) is 6.55. The van der Waals surface area contributed by atoms with Crippen molar-refractivity contribution in [3.05, 3.63) is 35.6 Å². The normalized spacial score (nSPS) is 11.0. The van der Waals surface area contributed by atoms with E-state index in [4.69, 9.17) is 6.42 Å². The Hall–Kier alpha value is -1.33. The molecule has 74 valence electrons. The topological polar surface area (TPSA) is 12.0 Å². The number of terminal acetylenes is 1. The van der Waals surface area contributed by atoms with Crippen LogP contribution in [0, 0.1) is 18.2 Å². The molecule has 2 heteroatoms. The van der Waals surface area contributed by atoms with E-state index in [9.17, 15) is 4.39 Å². The number of hydrogen-bond donors (Lipinski definition) is 1. The third-order valence-corrected chi connectivity index (χ3v) is 2.04. The van der Waals surface area contributed by atoms with Crippen LogP contribution in [0.3, 0.4) is 0 Å². The Balaban J connectivity index is 2.64. The highest BCUT2D eigenvalue weighted by atomic mass is 19.1. The molecule has 0 aliphatic rings. The van der Waals surface area contributed by atoms with Gasteiger partial charge in [0.05, 0.1) is 5.54 Å². The van der Waals surface area contributed by atoms with Gasteiger partial charge in [0.2, 0.25) is 0 Å². The van der Waals surface area contributed by atoms with Crippen molar-refractivity contribution in [2.45, 2.75) is 25.9 Å². The van der Waals surface area contributed by atoms with Gasteiger partial charge in [-0.05, 0) is 19.9 Å². The highest BCUT2D eigenvalue weighted by Crippen LogP contribution is 2.08. The first-order valence-corrected chi connectivity index (χ1v) is 4.51. The second-order valence-corrected chi connectivity index (χ2v) is 3.71. The molecule has 1 N–H and O–H groups in total. The molecule has 0 aromatic heterocycles. The molecule has 0 unspecified atom stereocenters. The van der Waals surface area contributed by atoms with Crippen molar-refractivity contribution in [1.82, 2.24) is 5.32 Å². The number of benzene rings is 1. The zero-order valence-corrected chi connectivity index (χ0v) is 8.47. The molecule has 0 saturated carbocycles. The van der Waals surface area contributed by atoms with Gasteiger partial charge in [-0.3, -0.25) is 5.32 Å². The summed E-state index contributed by atoms with van der Waals surface area (Å²) in [5, 5.41) is 3.09. The summed E-state index contributed by atoms with van der Waals surface area (Å²) in [6.45, 7) is 4.21. The summed E-state index contributed by atoms with van der Waals surface area (Å²) in [5.41, 5.74) is 0.235. The molecule has 0 saturated heterocycles. The van der Waals surface area contributed by atoms with Gasteiger partial charge in [-0.1, -0.05) is 24.1 Å². The molecule has 0 radical (unpaired) electrons. The van der Waals surface area contributed by atoms with Gasteiger partial charge in [0.1, 0.15) is 5.82 Å². The smallest absolute Gasteiger partial charge is 0.127 e. The maximum Gasteiger partial charge on any atom is 0.127 e. The summed E-state index contributed by atoms with van der Waals surface area (Å²) in [7, 11) is 0. The Morgan fingerprint density at radius 3 is 2.64 bits per heavy atom. The van der Waals surface area contributed by atoms with E-state index in [2.05, 4.69) is 11.2 Å². The minimum absolute atomic E-state index is 0.201. The Morgan fingerprint density at radius 1 is 1.43 bits per heavy atom. The van der Waals surface area contributed by atoms with E-state index in [-0.39, 0.29) is 5.82 Å². The molecule has 0 bridgehead atoms. The second kappa shape index (κ2) is 4.26. The standard InChI is InChI=1S/C12H14FN/c1-4-12(2,3)14-9-10-7-5-6-8-11(10)13/h1,5-8,14H,9H2,2-3H3. The molecule has 0 aliphatic heterocycles. The van der Waals surface area contributed by atoms with Gasteiger partial charge >= 0.3 is 0 Å². The highest BCUT2D eigenvalue weighted by Gasteiger charge is 2.12. The fraction of sp³-hybridized carbons (Fsp3) is 0.333. The highest BCUT2D eigenvalue weighted by molar-refractivity contribution is 5.18. The van der Waals surface area contributed by atoms with Gasteiger partial charge in [-0.25, -0.2) is 4.39 Å². The summed E-state index contributed by atoms with van der Waals surface area (Å²) in [6.07, 6.45) is 5.30. The number of nitrogens with one attached hydrogen (secondary N) is 1. The SMILES string of the molecule is C#CC(C)(C)NCc1ccccc1F. The third-order valence-electron chi connectivity index (χ3n) is 2.04. The second-order valence-electron chi connectivity index (χ2n) is 3.71. The Labute approximate surface area is 84.3 Å². The van der Waals surface area contributed by atoms with Crippen molar-refractivity contribution in [2.75, 3.05) is 0 Å².